The number of hydrogen-bond acceptors (Lipinski definition) is 2. The maximum atomic E-state index is 13.0. The summed E-state index contributed by atoms with van der Waals surface area (Å²) in [6.45, 7) is 0. The molecule has 0 saturated carbocycles. The van der Waals surface area contributed by atoms with Gasteiger partial charge in [0.2, 0.25) is 0 Å². The molecule has 0 aromatic heterocycles. The molecular formula is C29H26N2O2. The highest BCUT2D eigenvalue weighted by molar-refractivity contribution is 5.95. The Bertz CT molecular complexity index is 1070. The number of amides is 2. The molecule has 0 heterocycles. The van der Waals surface area contributed by atoms with Crippen molar-refractivity contribution in [1.29, 1.82) is 0 Å². The van der Waals surface area contributed by atoms with E-state index >= 15 is 0 Å². The Balaban J connectivity index is 1.62. The minimum Gasteiger partial charge on any atom is -0.345 e. The van der Waals surface area contributed by atoms with Crippen molar-refractivity contribution in [2.75, 3.05) is 0 Å². The number of carbonyl (C=O) groups is 2. The van der Waals surface area contributed by atoms with Crippen LogP contribution in [0.4, 0.5) is 0 Å². The Morgan fingerprint density at radius 3 is 1.12 bits per heavy atom. The van der Waals surface area contributed by atoms with Gasteiger partial charge in [-0.15, -0.1) is 0 Å². The van der Waals surface area contributed by atoms with Crippen LogP contribution in [0.3, 0.4) is 0 Å². The molecule has 0 spiro atoms. The van der Waals surface area contributed by atoms with Gasteiger partial charge in [-0.3, -0.25) is 9.59 Å². The van der Waals surface area contributed by atoms with Gasteiger partial charge in [0.15, 0.2) is 0 Å². The SMILES string of the molecule is O=C(N[C@H](C[C@@H](NC(=O)c1ccccc1)c1ccccc1)c1ccccc1)c1ccccc1. The summed E-state index contributed by atoms with van der Waals surface area (Å²) in [5.74, 6) is -0.295. The minimum atomic E-state index is -0.291. The highest BCUT2D eigenvalue weighted by atomic mass is 16.2. The van der Waals surface area contributed by atoms with E-state index in [0.29, 0.717) is 17.5 Å². The lowest BCUT2D eigenvalue weighted by Gasteiger charge is -2.26. The predicted molar refractivity (Wildman–Crippen MR) is 131 cm³/mol. The third-order valence-electron chi connectivity index (χ3n) is 5.56. The first-order chi connectivity index (χ1) is 16.2. The number of rotatable bonds is 8. The lowest BCUT2D eigenvalue weighted by atomic mass is 9.94. The van der Waals surface area contributed by atoms with Gasteiger partial charge in [0.05, 0.1) is 12.1 Å². The Morgan fingerprint density at radius 2 is 0.788 bits per heavy atom. The molecule has 4 aromatic rings. The Morgan fingerprint density at radius 1 is 0.485 bits per heavy atom. The van der Waals surface area contributed by atoms with Crippen molar-refractivity contribution in [3.8, 4) is 0 Å². The van der Waals surface area contributed by atoms with E-state index in [9.17, 15) is 9.59 Å². The van der Waals surface area contributed by atoms with E-state index in [-0.39, 0.29) is 23.9 Å². The fourth-order valence-corrected chi connectivity index (χ4v) is 3.83. The Kier molecular flexibility index (Phi) is 7.29. The molecule has 0 aliphatic heterocycles. The maximum Gasteiger partial charge on any atom is 0.251 e. The van der Waals surface area contributed by atoms with E-state index in [2.05, 4.69) is 10.6 Å². The van der Waals surface area contributed by atoms with Crippen LogP contribution in [0.1, 0.15) is 50.3 Å². The predicted octanol–water partition coefficient (Wildman–Crippen LogP) is 5.72. The van der Waals surface area contributed by atoms with Crippen LogP contribution in [0.15, 0.2) is 121 Å². The molecule has 0 saturated heterocycles. The highest BCUT2D eigenvalue weighted by Crippen LogP contribution is 2.27. The third-order valence-corrected chi connectivity index (χ3v) is 5.56. The zero-order chi connectivity index (χ0) is 22.9. The lowest BCUT2D eigenvalue weighted by Crippen LogP contribution is -2.35. The number of benzene rings is 4. The summed E-state index contributed by atoms with van der Waals surface area (Å²) in [5.41, 5.74) is 3.17. The van der Waals surface area contributed by atoms with E-state index < -0.39 is 0 Å². The van der Waals surface area contributed by atoms with Gasteiger partial charge in [-0.05, 0) is 41.8 Å². The first-order valence-corrected chi connectivity index (χ1v) is 11.0. The second-order valence-electron chi connectivity index (χ2n) is 7.84. The standard InChI is InChI=1S/C29H26N2O2/c32-28(24-17-9-3-10-18-24)30-26(22-13-5-1-6-14-22)21-27(23-15-7-2-8-16-23)31-29(33)25-19-11-4-12-20-25/h1-20,26-27H,21H2,(H,30,32)(H,31,33)/t26-,27-/m1/s1. The molecule has 0 fully saturated rings. The lowest BCUT2D eigenvalue weighted by molar-refractivity contribution is 0.0920. The van der Waals surface area contributed by atoms with E-state index in [4.69, 9.17) is 0 Å². The van der Waals surface area contributed by atoms with Crippen molar-refractivity contribution < 1.29 is 9.59 Å². The van der Waals surface area contributed by atoms with Gasteiger partial charge in [0.1, 0.15) is 0 Å². The molecule has 4 nitrogen and oxygen atoms in total. The summed E-state index contributed by atoms with van der Waals surface area (Å²) in [5, 5.41) is 6.35. The molecule has 2 amide bonds. The maximum absolute atomic E-state index is 13.0. The first-order valence-electron chi connectivity index (χ1n) is 11.0. The second kappa shape index (κ2) is 10.9. The summed E-state index contributed by atoms with van der Waals surface area (Å²) in [6.07, 6.45) is 0.505. The van der Waals surface area contributed by atoms with Gasteiger partial charge < -0.3 is 10.6 Å². The van der Waals surface area contributed by atoms with Gasteiger partial charge in [-0.2, -0.15) is 0 Å². The normalized spacial score (nSPS) is 12.4. The molecule has 33 heavy (non-hydrogen) atoms. The van der Waals surface area contributed by atoms with E-state index in [0.717, 1.165) is 11.1 Å². The molecule has 4 aromatic carbocycles. The van der Waals surface area contributed by atoms with Crippen LogP contribution in [-0.4, -0.2) is 11.8 Å². The van der Waals surface area contributed by atoms with Crippen LogP contribution >= 0.6 is 0 Å². The molecule has 4 rings (SSSR count). The Hall–Kier alpha value is -4.18. The number of nitrogens with one attached hydrogen (secondary N) is 2. The summed E-state index contributed by atoms with van der Waals surface area (Å²) >= 11 is 0. The van der Waals surface area contributed by atoms with Crippen LogP contribution < -0.4 is 10.6 Å². The van der Waals surface area contributed by atoms with Crippen molar-refractivity contribution >= 4 is 11.8 Å². The van der Waals surface area contributed by atoms with Gasteiger partial charge in [-0.1, -0.05) is 97.1 Å². The molecule has 0 unspecified atom stereocenters. The molecule has 164 valence electrons. The van der Waals surface area contributed by atoms with Crippen molar-refractivity contribution in [2.24, 2.45) is 0 Å². The summed E-state index contributed by atoms with van der Waals surface area (Å²) in [4.78, 5) is 26.0. The van der Waals surface area contributed by atoms with Crippen LogP contribution in [0.5, 0.6) is 0 Å². The molecule has 4 heteroatoms. The molecule has 0 radical (unpaired) electrons. The van der Waals surface area contributed by atoms with Crippen LogP contribution in [-0.2, 0) is 0 Å². The molecule has 0 bridgehead atoms. The fourth-order valence-electron chi connectivity index (χ4n) is 3.83. The molecule has 0 aliphatic rings. The average molecular weight is 435 g/mol. The summed E-state index contributed by atoms with van der Waals surface area (Å²) in [7, 11) is 0. The van der Waals surface area contributed by atoms with Crippen LogP contribution in [0, 0.1) is 0 Å². The topological polar surface area (TPSA) is 58.2 Å². The van der Waals surface area contributed by atoms with Crippen molar-refractivity contribution in [3.63, 3.8) is 0 Å². The van der Waals surface area contributed by atoms with Gasteiger partial charge in [0, 0.05) is 11.1 Å². The molecular weight excluding hydrogens is 408 g/mol. The average Bonchev–Trinajstić information content (AvgIpc) is 2.89. The van der Waals surface area contributed by atoms with Crippen LogP contribution in [0.25, 0.3) is 0 Å². The van der Waals surface area contributed by atoms with E-state index in [1.165, 1.54) is 0 Å². The van der Waals surface area contributed by atoms with Crippen molar-refractivity contribution in [3.05, 3.63) is 144 Å². The Labute approximate surface area is 194 Å². The van der Waals surface area contributed by atoms with Crippen molar-refractivity contribution in [2.45, 2.75) is 18.5 Å². The second-order valence-corrected chi connectivity index (χ2v) is 7.84. The zero-order valence-corrected chi connectivity index (χ0v) is 18.2. The molecule has 2 atom stereocenters. The van der Waals surface area contributed by atoms with E-state index in [1.54, 1.807) is 24.3 Å². The minimum absolute atomic E-state index is 0.148. The highest BCUT2D eigenvalue weighted by Gasteiger charge is 2.23. The largest absolute Gasteiger partial charge is 0.345 e. The summed E-state index contributed by atoms with van der Waals surface area (Å²) in [6, 6.07) is 37.5. The van der Waals surface area contributed by atoms with Gasteiger partial charge >= 0.3 is 0 Å². The molecule has 0 aliphatic carbocycles. The monoisotopic (exact) mass is 434 g/mol. The molecule has 2 N–H and O–H groups in total. The number of carbonyl (C=O) groups excluding carboxylic acids is 2. The van der Waals surface area contributed by atoms with Gasteiger partial charge in [-0.25, -0.2) is 0 Å². The van der Waals surface area contributed by atoms with Crippen LogP contribution in [0.2, 0.25) is 0 Å². The zero-order valence-electron chi connectivity index (χ0n) is 18.2. The smallest absolute Gasteiger partial charge is 0.251 e. The fraction of sp³-hybridized carbons (Fsp3) is 0.103. The third kappa shape index (κ3) is 5.95. The van der Waals surface area contributed by atoms with Gasteiger partial charge in [0.25, 0.3) is 11.8 Å². The first kappa shape index (κ1) is 22.0. The van der Waals surface area contributed by atoms with Crippen molar-refractivity contribution in [1.82, 2.24) is 10.6 Å². The summed E-state index contributed by atoms with van der Waals surface area (Å²) < 4.78 is 0. The number of hydrogen-bond donors (Lipinski definition) is 2. The quantitative estimate of drug-likeness (QED) is 0.373. The van der Waals surface area contributed by atoms with E-state index in [1.807, 2.05) is 97.1 Å².